The zero-order chi connectivity index (χ0) is 13.1. The van der Waals surface area contributed by atoms with Gasteiger partial charge >= 0.3 is 0 Å². The van der Waals surface area contributed by atoms with Crippen LogP contribution >= 0.6 is 0 Å². The van der Waals surface area contributed by atoms with Crippen molar-refractivity contribution in [2.24, 2.45) is 0 Å². The number of para-hydroxylation sites is 1. The van der Waals surface area contributed by atoms with Gasteiger partial charge in [0.2, 0.25) is 0 Å². The zero-order valence-electron chi connectivity index (χ0n) is 10.6. The second-order valence-corrected chi connectivity index (χ2v) is 4.62. The molecule has 1 aliphatic rings. The molecule has 3 rings (SSSR count). The summed E-state index contributed by atoms with van der Waals surface area (Å²) in [5, 5.41) is 14.0. The summed E-state index contributed by atoms with van der Waals surface area (Å²) in [6.45, 7) is 2.46. The van der Waals surface area contributed by atoms with E-state index in [1.54, 1.807) is 0 Å². The Hall–Kier alpha value is -2.14. The molecule has 0 aliphatic carbocycles. The van der Waals surface area contributed by atoms with Crippen molar-refractivity contribution in [3.05, 3.63) is 41.6 Å². The molecular weight excluding hydrogens is 240 g/mol. The number of aromatic nitrogens is 2. The number of carbonyl (C=O) groups excluding carboxylic acids is 1. The SMILES string of the molecule is O=C(NCC1=CCNCC1)c1n[nH]c2ccccc12. The molecule has 5 nitrogen and oxygen atoms in total. The lowest BCUT2D eigenvalue weighted by Crippen LogP contribution is -2.29. The van der Waals surface area contributed by atoms with Crippen molar-refractivity contribution in [2.45, 2.75) is 6.42 Å². The van der Waals surface area contributed by atoms with Gasteiger partial charge in [-0.1, -0.05) is 29.8 Å². The third-order valence-electron chi connectivity index (χ3n) is 3.32. The number of benzene rings is 1. The zero-order valence-corrected chi connectivity index (χ0v) is 10.6. The molecule has 98 valence electrons. The van der Waals surface area contributed by atoms with Gasteiger partial charge in [-0.25, -0.2) is 0 Å². The molecular formula is C14H16N4O. The lowest BCUT2D eigenvalue weighted by atomic mass is 10.1. The van der Waals surface area contributed by atoms with Gasteiger partial charge < -0.3 is 10.6 Å². The lowest BCUT2D eigenvalue weighted by Gasteiger charge is -2.14. The van der Waals surface area contributed by atoms with Gasteiger partial charge in [0.25, 0.3) is 5.91 Å². The average Bonchev–Trinajstić information content (AvgIpc) is 2.90. The van der Waals surface area contributed by atoms with Gasteiger partial charge in [-0.3, -0.25) is 9.89 Å². The third-order valence-corrected chi connectivity index (χ3v) is 3.32. The molecule has 0 spiro atoms. The van der Waals surface area contributed by atoms with Gasteiger partial charge in [0.1, 0.15) is 0 Å². The Kier molecular flexibility index (Phi) is 3.29. The highest BCUT2D eigenvalue weighted by molar-refractivity contribution is 6.04. The average molecular weight is 256 g/mol. The van der Waals surface area contributed by atoms with Crippen molar-refractivity contribution in [3.63, 3.8) is 0 Å². The molecule has 1 amide bonds. The van der Waals surface area contributed by atoms with Crippen LogP contribution in [0.25, 0.3) is 10.9 Å². The highest BCUT2D eigenvalue weighted by Crippen LogP contribution is 2.14. The van der Waals surface area contributed by atoms with E-state index in [4.69, 9.17) is 0 Å². The fraction of sp³-hybridized carbons (Fsp3) is 0.286. The minimum absolute atomic E-state index is 0.128. The Bertz CT molecular complexity index is 629. The maximum atomic E-state index is 12.1. The summed E-state index contributed by atoms with van der Waals surface area (Å²) < 4.78 is 0. The molecule has 0 radical (unpaired) electrons. The van der Waals surface area contributed by atoms with E-state index in [1.165, 1.54) is 5.57 Å². The van der Waals surface area contributed by atoms with Crippen molar-refractivity contribution < 1.29 is 4.79 Å². The smallest absolute Gasteiger partial charge is 0.272 e. The largest absolute Gasteiger partial charge is 0.347 e. The Balaban J connectivity index is 1.71. The standard InChI is InChI=1S/C14H16N4O/c19-14(16-9-10-5-7-15-8-6-10)13-11-3-1-2-4-12(11)17-18-13/h1-5,15H,6-9H2,(H,16,19)(H,17,18). The van der Waals surface area contributed by atoms with E-state index in [9.17, 15) is 4.79 Å². The Morgan fingerprint density at radius 3 is 3.11 bits per heavy atom. The van der Waals surface area contributed by atoms with E-state index in [-0.39, 0.29) is 5.91 Å². The second-order valence-electron chi connectivity index (χ2n) is 4.62. The van der Waals surface area contributed by atoms with Crippen LogP contribution in [0, 0.1) is 0 Å². The molecule has 3 N–H and O–H groups in total. The first-order valence-corrected chi connectivity index (χ1v) is 6.44. The molecule has 0 bridgehead atoms. The van der Waals surface area contributed by atoms with E-state index < -0.39 is 0 Å². The summed E-state index contributed by atoms with van der Waals surface area (Å²) in [5.41, 5.74) is 2.62. The molecule has 1 aromatic carbocycles. The Morgan fingerprint density at radius 1 is 1.37 bits per heavy atom. The number of rotatable bonds is 3. The molecule has 0 atom stereocenters. The molecule has 0 unspecified atom stereocenters. The monoisotopic (exact) mass is 256 g/mol. The number of fused-ring (bicyclic) bond motifs is 1. The van der Waals surface area contributed by atoms with Gasteiger partial charge in [0.05, 0.1) is 5.52 Å². The van der Waals surface area contributed by atoms with Crippen LogP contribution in [0.1, 0.15) is 16.9 Å². The normalized spacial score (nSPS) is 15.3. The van der Waals surface area contributed by atoms with Crippen LogP contribution in [-0.4, -0.2) is 35.7 Å². The van der Waals surface area contributed by atoms with E-state index in [1.807, 2.05) is 24.3 Å². The van der Waals surface area contributed by atoms with Gasteiger partial charge in [0.15, 0.2) is 5.69 Å². The van der Waals surface area contributed by atoms with E-state index in [2.05, 4.69) is 26.9 Å². The number of hydrogen-bond acceptors (Lipinski definition) is 3. The number of hydrogen-bond donors (Lipinski definition) is 3. The number of nitrogens with one attached hydrogen (secondary N) is 3. The Labute approximate surface area is 111 Å². The first kappa shape index (κ1) is 11.9. The van der Waals surface area contributed by atoms with Crippen molar-refractivity contribution >= 4 is 16.8 Å². The van der Waals surface area contributed by atoms with Crippen LogP contribution in [0.5, 0.6) is 0 Å². The van der Waals surface area contributed by atoms with Gasteiger partial charge in [-0.05, 0) is 19.0 Å². The van der Waals surface area contributed by atoms with Crippen LogP contribution in [0.3, 0.4) is 0 Å². The van der Waals surface area contributed by atoms with Gasteiger partial charge in [-0.2, -0.15) is 5.10 Å². The third kappa shape index (κ3) is 2.51. The molecule has 19 heavy (non-hydrogen) atoms. The van der Waals surface area contributed by atoms with Gasteiger partial charge in [-0.15, -0.1) is 0 Å². The molecule has 0 saturated heterocycles. The van der Waals surface area contributed by atoms with Crippen LogP contribution in [0.4, 0.5) is 0 Å². The molecule has 5 heteroatoms. The number of aromatic amines is 1. The van der Waals surface area contributed by atoms with Crippen molar-refractivity contribution in [3.8, 4) is 0 Å². The maximum absolute atomic E-state index is 12.1. The number of amides is 1. The Morgan fingerprint density at radius 2 is 2.26 bits per heavy atom. The number of nitrogens with zero attached hydrogens (tertiary/aromatic N) is 1. The molecule has 1 aromatic heterocycles. The minimum Gasteiger partial charge on any atom is -0.347 e. The quantitative estimate of drug-likeness (QED) is 0.723. The van der Waals surface area contributed by atoms with Crippen molar-refractivity contribution in [2.75, 3.05) is 19.6 Å². The number of carbonyl (C=O) groups is 1. The fourth-order valence-electron chi connectivity index (χ4n) is 2.24. The number of H-pyrrole nitrogens is 1. The fourth-order valence-corrected chi connectivity index (χ4v) is 2.24. The van der Waals surface area contributed by atoms with Crippen LogP contribution in [-0.2, 0) is 0 Å². The molecule has 2 heterocycles. The van der Waals surface area contributed by atoms with Crippen LogP contribution in [0.2, 0.25) is 0 Å². The molecule has 0 fully saturated rings. The summed E-state index contributed by atoms with van der Waals surface area (Å²) in [7, 11) is 0. The second kappa shape index (κ2) is 5.24. The van der Waals surface area contributed by atoms with Gasteiger partial charge in [0, 0.05) is 18.5 Å². The first-order valence-electron chi connectivity index (χ1n) is 6.44. The van der Waals surface area contributed by atoms with Crippen molar-refractivity contribution in [1.29, 1.82) is 0 Å². The predicted molar refractivity (Wildman–Crippen MR) is 74.0 cm³/mol. The van der Waals surface area contributed by atoms with Crippen LogP contribution < -0.4 is 10.6 Å². The summed E-state index contributed by atoms with van der Waals surface area (Å²) in [6.07, 6.45) is 3.12. The summed E-state index contributed by atoms with van der Waals surface area (Å²) in [6, 6.07) is 7.64. The summed E-state index contributed by atoms with van der Waals surface area (Å²) >= 11 is 0. The molecule has 2 aromatic rings. The summed E-state index contributed by atoms with van der Waals surface area (Å²) in [4.78, 5) is 12.1. The van der Waals surface area contributed by atoms with Crippen LogP contribution in [0.15, 0.2) is 35.9 Å². The summed E-state index contributed by atoms with van der Waals surface area (Å²) in [5.74, 6) is -0.128. The first-order chi connectivity index (χ1) is 9.34. The predicted octanol–water partition coefficient (Wildman–Crippen LogP) is 1.21. The minimum atomic E-state index is -0.128. The lowest BCUT2D eigenvalue weighted by molar-refractivity contribution is 0.0953. The van der Waals surface area contributed by atoms with E-state index >= 15 is 0 Å². The molecule has 1 aliphatic heterocycles. The van der Waals surface area contributed by atoms with E-state index in [0.29, 0.717) is 12.2 Å². The highest BCUT2D eigenvalue weighted by Gasteiger charge is 2.13. The topological polar surface area (TPSA) is 69.8 Å². The maximum Gasteiger partial charge on any atom is 0.272 e. The van der Waals surface area contributed by atoms with Crippen molar-refractivity contribution in [1.82, 2.24) is 20.8 Å². The highest BCUT2D eigenvalue weighted by atomic mass is 16.1. The molecule has 0 saturated carbocycles. The van der Waals surface area contributed by atoms with E-state index in [0.717, 1.165) is 30.4 Å².